The van der Waals surface area contributed by atoms with Crippen molar-refractivity contribution in [1.29, 1.82) is 0 Å². The van der Waals surface area contributed by atoms with Gasteiger partial charge in [0.25, 0.3) is 5.69 Å². The van der Waals surface area contributed by atoms with Crippen LogP contribution in [0.4, 0.5) is 16.3 Å². The fraction of sp³-hybridized carbons (Fsp3) is 0.368. The standard InChI is InChI=1S/C19H22N4O4/c1-19(2,3)27-18(24)22-13-7-12-21(22)16-11-10-15(23(25)26)17(20-16)14-8-5-4-6-9-14/h4-6,8-11H,7,12-13H2,1-3H3. The highest BCUT2D eigenvalue weighted by atomic mass is 16.6. The van der Waals surface area contributed by atoms with E-state index >= 15 is 0 Å². The van der Waals surface area contributed by atoms with Gasteiger partial charge in [0, 0.05) is 24.7 Å². The lowest BCUT2D eigenvalue weighted by Gasteiger charge is -2.31. The third kappa shape index (κ3) is 4.16. The Hall–Kier alpha value is -3.16. The molecule has 27 heavy (non-hydrogen) atoms. The lowest BCUT2D eigenvalue weighted by atomic mass is 10.1. The second kappa shape index (κ2) is 7.22. The van der Waals surface area contributed by atoms with Crippen molar-refractivity contribution in [3.63, 3.8) is 0 Å². The number of ether oxygens (including phenoxy) is 1. The van der Waals surface area contributed by atoms with Gasteiger partial charge in [0.2, 0.25) is 0 Å². The van der Waals surface area contributed by atoms with Gasteiger partial charge in [-0.2, -0.15) is 0 Å². The van der Waals surface area contributed by atoms with E-state index in [0.717, 1.165) is 6.42 Å². The average Bonchev–Trinajstić information content (AvgIpc) is 3.10. The van der Waals surface area contributed by atoms with Gasteiger partial charge in [-0.3, -0.25) is 15.1 Å². The third-order valence-electron chi connectivity index (χ3n) is 4.00. The van der Waals surface area contributed by atoms with Gasteiger partial charge in [0.15, 0.2) is 5.69 Å². The number of aromatic nitrogens is 1. The molecule has 1 aromatic carbocycles. The van der Waals surface area contributed by atoms with Crippen LogP contribution < -0.4 is 5.01 Å². The molecule has 2 heterocycles. The maximum atomic E-state index is 12.5. The van der Waals surface area contributed by atoms with E-state index < -0.39 is 16.6 Å². The summed E-state index contributed by atoms with van der Waals surface area (Å²) in [7, 11) is 0. The number of nitro groups is 1. The minimum absolute atomic E-state index is 0.0760. The van der Waals surface area contributed by atoms with Crippen LogP contribution in [0, 0.1) is 10.1 Å². The average molecular weight is 370 g/mol. The van der Waals surface area contributed by atoms with Gasteiger partial charge < -0.3 is 4.74 Å². The monoisotopic (exact) mass is 370 g/mol. The zero-order valence-electron chi connectivity index (χ0n) is 15.6. The molecule has 0 bridgehead atoms. The lowest BCUT2D eigenvalue weighted by Crippen LogP contribution is -2.44. The van der Waals surface area contributed by atoms with E-state index in [0.29, 0.717) is 24.5 Å². The molecule has 0 spiro atoms. The number of carbonyl (C=O) groups is 1. The van der Waals surface area contributed by atoms with Crippen LogP contribution in [0.25, 0.3) is 11.3 Å². The molecule has 0 unspecified atom stereocenters. The number of anilines is 1. The molecular weight excluding hydrogens is 348 g/mol. The molecule has 142 valence electrons. The molecule has 0 aliphatic carbocycles. The van der Waals surface area contributed by atoms with Crippen molar-refractivity contribution >= 4 is 17.6 Å². The van der Waals surface area contributed by atoms with Crippen molar-refractivity contribution in [3.8, 4) is 11.3 Å². The Morgan fingerprint density at radius 1 is 1.15 bits per heavy atom. The number of amides is 1. The molecule has 0 radical (unpaired) electrons. The van der Waals surface area contributed by atoms with Crippen molar-refractivity contribution in [2.45, 2.75) is 32.8 Å². The number of carbonyl (C=O) groups excluding carboxylic acids is 1. The highest BCUT2D eigenvalue weighted by Crippen LogP contribution is 2.32. The number of pyridine rings is 1. The van der Waals surface area contributed by atoms with Gasteiger partial charge in [-0.1, -0.05) is 30.3 Å². The third-order valence-corrected chi connectivity index (χ3v) is 4.00. The van der Waals surface area contributed by atoms with E-state index in [1.165, 1.54) is 11.1 Å². The van der Waals surface area contributed by atoms with Crippen LogP contribution in [-0.2, 0) is 4.74 Å². The Labute approximate surface area is 157 Å². The molecule has 3 rings (SSSR count). The van der Waals surface area contributed by atoms with Gasteiger partial charge in [0.05, 0.1) is 4.92 Å². The summed E-state index contributed by atoms with van der Waals surface area (Å²) < 4.78 is 5.46. The molecule has 1 aliphatic heterocycles. The minimum atomic E-state index is -0.608. The molecule has 1 amide bonds. The number of hydrogen-bond acceptors (Lipinski definition) is 6. The van der Waals surface area contributed by atoms with Crippen molar-refractivity contribution in [1.82, 2.24) is 9.99 Å². The fourth-order valence-electron chi connectivity index (χ4n) is 2.90. The maximum Gasteiger partial charge on any atom is 0.429 e. The first kappa shape index (κ1) is 18.6. The Morgan fingerprint density at radius 3 is 2.48 bits per heavy atom. The second-order valence-corrected chi connectivity index (χ2v) is 7.24. The molecule has 0 N–H and O–H groups in total. The highest BCUT2D eigenvalue weighted by molar-refractivity contribution is 5.74. The van der Waals surface area contributed by atoms with Crippen LogP contribution in [0.3, 0.4) is 0 Å². The van der Waals surface area contributed by atoms with Crippen LogP contribution in [-0.4, -0.2) is 39.7 Å². The Morgan fingerprint density at radius 2 is 1.85 bits per heavy atom. The number of rotatable bonds is 3. The largest absolute Gasteiger partial charge is 0.442 e. The summed E-state index contributed by atoms with van der Waals surface area (Å²) in [6.45, 7) is 6.52. The van der Waals surface area contributed by atoms with Crippen molar-refractivity contribution in [2.75, 3.05) is 18.1 Å². The van der Waals surface area contributed by atoms with Crippen molar-refractivity contribution in [3.05, 3.63) is 52.6 Å². The summed E-state index contributed by atoms with van der Waals surface area (Å²) in [6, 6.07) is 12.0. The number of hydrogen-bond donors (Lipinski definition) is 0. The number of hydrazine groups is 1. The molecule has 0 atom stereocenters. The van der Waals surface area contributed by atoms with Crippen molar-refractivity contribution in [2.24, 2.45) is 0 Å². The lowest BCUT2D eigenvalue weighted by molar-refractivity contribution is -0.384. The highest BCUT2D eigenvalue weighted by Gasteiger charge is 2.32. The zero-order chi connectivity index (χ0) is 19.6. The second-order valence-electron chi connectivity index (χ2n) is 7.24. The molecule has 1 aliphatic rings. The summed E-state index contributed by atoms with van der Waals surface area (Å²) in [5, 5.41) is 14.6. The number of nitrogens with zero attached hydrogens (tertiary/aromatic N) is 4. The summed E-state index contributed by atoms with van der Waals surface area (Å²) in [5.41, 5.74) is 0.236. The topological polar surface area (TPSA) is 88.8 Å². The summed E-state index contributed by atoms with van der Waals surface area (Å²) in [4.78, 5) is 28.0. The van der Waals surface area contributed by atoms with Gasteiger partial charge in [-0.15, -0.1) is 0 Å². The fourth-order valence-corrected chi connectivity index (χ4v) is 2.90. The SMILES string of the molecule is CC(C)(C)OC(=O)N1CCCN1c1ccc([N+](=O)[O-])c(-c2ccccc2)n1. The molecular formula is C19H22N4O4. The van der Waals surface area contributed by atoms with E-state index in [2.05, 4.69) is 4.98 Å². The smallest absolute Gasteiger partial charge is 0.429 e. The van der Waals surface area contributed by atoms with E-state index in [4.69, 9.17) is 4.74 Å². The van der Waals surface area contributed by atoms with Gasteiger partial charge >= 0.3 is 6.09 Å². The van der Waals surface area contributed by atoms with Crippen molar-refractivity contribution < 1.29 is 14.5 Å². The first-order valence-corrected chi connectivity index (χ1v) is 8.75. The van der Waals surface area contributed by atoms with E-state index in [1.54, 1.807) is 35.3 Å². The van der Waals surface area contributed by atoms with Crippen LogP contribution in [0.2, 0.25) is 0 Å². The first-order valence-electron chi connectivity index (χ1n) is 8.75. The zero-order valence-corrected chi connectivity index (χ0v) is 15.6. The summed E-state index contributed by atoms with van der Waals surface area (Å²) in [5.74, 6) is 0.475. The first-order chi connectivity index (χ1) is 12.8. The van der Waals surface area contributed by atoms with Gasteiger partial charge in [0.1, 0.15) is 11.4 Å². The quantitative estimate of drug-likeness (QED) is 0.599. The van der Waals surface area contributed by atoms with Crippen LogP contribution in [0.1, 0.15) is 27.2 Å². The predicted octanol–water partition coefficient (Wildman–Crippen LogP) is 4.02. The normalized spacial score (nSPS) is 14.3. The van der Waals surface area contributed by atoms with Crippen LogP contribution in [0.5, 0.6) is 0 Å². The minimum Gasteiger partial charge on any atom is -0.442 e. The number of benzene rings is 1. The molecule has 0 saturated carbocycles. The van der Waals surface area contributed by atoms with E-state index in [1.807, 2.05) is 26.8 Å². The molecule has 8 heteroatoms. The van der Waals surface area contributed by atoms with Gasteiger partial charge in [-0.25, -0.2) is 14.8 Å². The molecule has 1 saturated heterocycles. The summed E-state index contributed by atoms with van der Waals surface area (Å²) >= 11 is 0. The summed E-state index contributed by atoms with van der Waals surface area (Å²) in [6.07, 6.45) is 0.305. The Kier molecular flexibility index (Phi) is 4.98. The molecule has 1 aromatic heterocycles. The Balaban J connectivity index is 1.97. The van der Waals surface area contributed by atoms with Crippen LogP contribution >= 0.6 is 0 Å². The van der Waals surface area contributed by atoms with E-state index in [9.17, 15) is 14.9 Å². The van der Waals surface area contributed by atoms with Crippen LogP contribution in [0.15, 0.2) is 42.5 Å². The Bertz CT molecular complexity index is 849. The molecule has 8 nitrogen and oxygen atoms in total. The van der Waals surface area contributed by atoms with Gasteiger partial charge in [-0.05, 0) is 33.3 Å². The molecule has 2 aromatic rings. The molecule has 1 fully saturated rings. The van der Waals surface area contributed by atoms with E-state index in [-0.39, 0.29) is 11.4 Å². The predicted molar refractivity (Wildman–Crippen MR) is 101 cm³/mol. The maximum absolute atomic E-state index is 12.5.